The van der Waals surface area contributed by atoms with Crippen LogP contribution < -0.4 is 5.56 Å². The molecule has 3 aliphatic rings. The maximum Gasteiger partial charge on any atom is 0.349 e. The summed E-state index contributed by atoms with van der Waals surface area (Å²) in [6, 6.07) is 10.3. The van der Waals surface area contributed by atoms with Crippen LogP contribution in [0.5, 0.6) is 0 Å². The zero-order chi connectivity index (χ0) is 20.2. The molecule has 1 aromatic carbocycles. The molecule has 0 fully saturated rings. The number of aromatic nitrogens is 1. The molecule has 6 heteroatoms. The van der Waals surface area contributed by atoms with E-state index in [1.807, 2.05) is 12.1 Å². The summed E-state index contributed by atoms with van der Waals surface area (Å²) in [7, 11) is 0. The van der Waals surface area contributed by atoms with Crippen LogP contribution in [-0.4, -0.2) is 20.6 Å². The highest BCUT2D eigenvalue weighted by molar-refractivity contribution is 8.01. The molecule has 1 aromatic heterocycles. The maximum atomic E-state index is 13.2. The Labute approximate surface area is 172 Å². The Balaban J connectivity index is 1.66. The Bertz CT molecular complexity index is 1160. The third kappa shape index (κ3) is 2.90. The Kier molecular flexibility index (Phi) is 4.29. The van der Waals surface area contributed by atoms with Crippen molar-refractivity contribution in [2.24, 2.45) is 0 Å². The number of fused-ring (bicyclic) bond motifs is 5. The number of esters is 1. The summed E-state index contributed by atoms with van der Waals surface area (Å²) in [6.45, 7) is 2.12. The molecular formula is C23H21NO4S. The Morgan fingerprint density at radius 3 is 2.93 bits per heavy atom. The Hall–Kier alpha value is -2.57. The highest BCUT2D eigenvalue weighted by Gasteiger charge is 2.41. The number of rotatable bonds is 1. The highest BCUT2D eigenvalue weighted by Crippen LogP contribution is 2.42. The third-order valence-corrected chi connectivity index (χ3v) is 7.26. The number of thioether (sulfide) groups is 1. The first kappa shape index (κ1) is 18.5. The minimum atomic E-state index is -1.66. The molecular weight excluding hydrogens is 386 g/mol. The molecule has 2 aromatic rings. The van der Waals surface area contributed by atoms with Gasteiger partial charge in [0, 0.05) is 4.90 Å². The van der Waals surface area contributed by atoms with Crippen molar-refractivity contribution in [3.8, 4) is 0 Å². The first-order valence-electron chi connectivity index (χ1n) is 9.85. The second kappa shape index (κ2) is 6.75. The summed E-state index contributed by atoms with van der Waals surface area (Å²) in [6.07, 6.45) is 6.42. The van der Waals surface area contributed by atoms with E-state index in [2.05, 4.69) is 30.4 Å². The number of benzene rings is 1. The predicted octanol–water partition coefficient (Wildman–Crippen LogP) is 3.52. The van der Waals surface area contributed by atoms with Gasteiger partial charge in [-0.2, -0.15) is 0 Å². The van der Waals surface area contributed by atoms with Crippen LogP contribution in [0, 0.1) is 0 Å². The van der Waals surface area contributed by atoms with Crippen LogP contribution in [0.25, 0.3) is 11.6 Å². The van der Waals surface area contributed by atoms with Gasteiger partial charge < -0.3 is 14.4 Å². The van der Waals surface area contributed by atoms with Gasteiger partial charge in [0.15, 0.2) is 0 Å². The van der Waals surface area contributed by atoms with E-state index in [1.165, 1.54) is 11.1 Å². The molecule has 0 saturated heterocycles. The number of cyclic esters (lactones) is 1. The van der Waals surface area contributed by atoms with Crippen LogP contribution in [0.3, 0.4) is 0 Å². The quantitative estimate of drug-likeness (QED) is 0.733. The van der Waals surface area contributed by atoms with E-state index in [9.17, 15) is 14.7 Å². The molecule has 0 spiro atoms. The number of hydrogen-bond acceptors (Lipinski definition) is 5. The standard InChI is InChI=1S/C23H21NO4S/c1-2-23(27)22(26)28-13-18-20(29-23)11-19-17-9-5-8-14-6-3-4-7-15(14)10-16(17)12-24(19)21(18)25/h3-4,6-7,9-11,27H,2,5,8,12-13H2,1H3/b16-10-,17-9+/t23-/m0/s1. The number of allylic oxidation sites excluding steroid dienone is 3. The average Bonchev–Trinajstić information content (AvgIpc) is 2.96. The third-order valence-electron chi connectivity index (χ3n) is 5.88. The van der Waals surface area contributed by atoms with Gasteiger partial charge in [-0.25, -0.2) is 4.79 Å². The van der Waals surface area contributed by atoms with E-state index in [1.54, 1.807) is 11.5 Å². The molecule has 29 heavy (non-hydrogen) atoms. The fraction of sp³-hybridized carbons (Fsp3) is 0.304. The molecule has 1 N–H and O–H groups in total. The Morgan fingerprint density at radius 2 is 2.10 bits per heavy atom. The molecule has 0 radical (unpaired) electrons. The minimum Gasteiger partial charge on any atom is -0.458 e. The summed E-state index contributed by atoms with van der Waals surface area (Å²) in [4.78, 5) is 24.4. The van der Waals surface area contributed by atoms with Crippen molar-refractivity contribution in [3.63, 3.8) is 0 Å². The molecule has 0 amide bonds. The smallest absolute Gasteiger partial charge is 0.349 e. The molecule has 3 heterocycles. The fourth-order valence-corrected chi connectivity index (χ4v) is 5.29. The van der Waals surface area contributed by atoms with Gasteiger partial charge in [-0.15, -0.1) is 0 Å². The fourth-order valence-electron chi connectivity index (χ4n) is 4.20. The molecule has 5 rings (SSSR count). The normalized spacial score (nSPS) is 26.2. The lowest BCUT2D eigenvalue weighted by molar-refractivity contribution is -0.157. The predicted molar refractivity (Wildman–Crippen MR) is 112 cm³/mol. The van der Waals surface area contributed by atoms with E-state index < -0.39 is 10.9 Å². The lowest BCUT2D eigenvalue weighted by atomic mass is 9.94. The lowest BCUT2D eigenvalue weighted by Gasteiger charge is -2.21. The van der Waals surface area contributed by atoms with Gasteiger partial charge in [-0.3, -0.25) is 4.79 Å². The molecule has 148 valence electrons. The van der Waals surface area contributed by atoms with Crippen LogP contribution >= 0.6 is 11.8 Å². The van der Waals surface area contributed by atoms with Crippen molar-refractivity contribution < 1.29 is 14.6 Å². The first-order valence-corrected chi connectivity index (χ1v) is 10.7. The van der Waals surface area contributed by atoms with Crippen molar-refractivity contribution in [1.29, 1.82) is 0 Å². The zero-order valence-electron chi connectivity index (χ0n) is 16.1. The van der Waals surface area contributed by atoms with Crippen LogP contribution in [0.1, 0.15) is 42.1 Å². The molecule has 1 aliphatic carbocycles. The van der Waals surface area contributed by atoms with Gasteiger partial charge in [-0.1, -0.05) is 49.0 Å². The molecule has 0 saturated carbocycles. The van der Waals surface area contributed by atoms with Crippen LogP contribution in [0.15, 0.2) is 51.7 Å². The van der Waals surface area contributed by atoms with Crippen LogP contribution in [-0.2, 0) is 29.1 Å². The van der Waals surface area contributed by atoms with Gasteiger partial charge >= 0.3 is 5.97 Å². The number of hydrogen-bond donors (Lipinski definition) is 1. The summed E-state index contributed by atoms with van der Waals surface area (Å²) < 4.78 is 6.99. The second-order valence-corrected chi connectivity index (χ2v) is 8.92. The lowest BCUT2D eigenvalue weighted by Crippen LogP contribution is -2.34. The number of ether oxygens (including phenoxy) is 1. The van der Waals surface area contributed by atoms with Gasteiger partial charge in [0.05, 0.1) is 17.8 Å². The van der Waals surface area contributed by atoms with Crippen molar-refractivity contribution >= 4 is 29.4 Å². The minimum absolute atomic E-state index is 0.108. The van der Waals surface area contributed by atoms with Crippen molar-refractivity contribution in [2.75, 3.05) is 0 Å². The first-order chi connectivity index (χ1) is 14.0. The molecule has 2 aliphatic heterocycles. The van der Waals surface area contributed by atoms with Crippen molar-refractivity contribution in [3.05, 3.63) is 74.7 Å². The van der Waals surface area contributed by atoms with Gasteiger partial charge in [0.1, 0.15) is 6.61 Å². The summed E-state index contributed by atoms with van der Waals surface area (Å²) >= 11 is 1.03. The summed E-state index contributed by atoms with van der Waals surface area (Å²) in [5.74, 6) is -0.687. The molecule has 0 unspecified atom stereocenters. The van der Waals surface area contributed by atoms with Gasteiger partial charge in [0.2, 0.25) is 4.93 Å². The summed E-state index contributed by atoms with van der Waals surface area (Å²) in [5, 5.41) is 10.7. The highest BCUT2D eigenvalue weighted by atomic mass is 32.2. The Morgan fingerprint density at radius 1 is 1.28 bits per heavy atom. The van der Waals surface area contributed by atoms with Gasteiger partial charge in [-0.05, 0) is 53.7 Å². The molecule has 1 atom stereocenters. The number of carbonyl (C=O) groups excluding carboxylic acids is 1. The monoisotopic (exact) mass is 407 g/mol. The molecule has 0 bridgehead atoms. The zero-order valence-corrected chi connectivity index (χ0v) is 16.9. The van der Waals surface area contributed by atoms with Crippen LogP contribution in [0.2, 0.25) is 0 Å². The number of pyridine rings is 1. The van der Waals surface area contributed by atoms with E-state index in [0.717, 1.165) is 41.4 Å². The number of nitrogens with zero attached hydrogens (tertiary/aromatic N) is 1. The average molecular weight is 407 g/mol. The second-order valence-electron chi connectivity index (χ2n) is 7.60. The van der Waals surface area contributed by atoms with Crippen LogP contribution in [0.4, 0.5) is 0 Å². The number of carbonyl (C=O) groups is 1. The maximum absolute atomic E-state index is 13.2. The number of aliphatic hydroxyl groups is 1. The van der Waals surface area contributed by atoms with E-state index in [-0.39, 0.29) is 18.6 Å². The number of aryl methyl sites for hydroxylation is 1. The van der Waals surface area contributed by atoms with Crippen molar-refractivity contribution in [1.82, 2.24) is 4.57 Å². The topological polar surface area (TPSA) is 68.5 Å². The van der Waals surface area contributed by atoms with E-state index >= 15 is 0 Å². The SMILES string of the molecule is CC[C@]1(O)Sc2cc3n(c(=O)c2COC1=O)CC1=C/c2ccccc2CC/C=C\13. The van der Waals surface area contributed by atoms with Crippen molar-refractivity contribution in [2.45, 2.75) is 49.2 Å². The van der Waals surface area contributed by atoms with E-state index in [0.29, 0.717) is 17.0 Å². The molecule has 5 nitrogen and oxygen atoms in total. The van der Waals surface area contributed by atoms with E-state index in [4.69, 9.17) is 4.74 Å². The largest absolute Gasteiger partial charge is 0.458 e. The summed E-state index contributed by atoms with van der Waals surface area (Å²) in [5.41, 5.74) is 5.81. The van der Waals surface area contributed by atoms with Gasteiger partial charge in [0.25, 0.3) is 5.56 Å².